The first kappa shape index (κ1) is 34.2. The normalized spacial score (nSPS) is 15.6. The number of benzene rings is 6. The number of aliphatic hydroxyl groups excluding tert-OH is 1. The molecule has 4 heteroatoms. The Hall–Kier alpha value is -5.27. The van der Waals surface area contributed by atoms with Gasteiger partial charge >= 0.3 is 0 Å². The average Bonchev–Trinajstić information content (AvgIpc) is 3.12. The van der Waals surface area contributed by atoms with Crippen molar-refractivity contribution in [1.29, 1.82) is 5.26 Å². The summed E-state index contributed by atoms with van der Waals surface area (Å²) in [5.41, 5.74) is 6.66. The average molecular weight is 672 g/mol. The number of nitrogens with zero attached hydrogens (tertiary/aromatic N) is 3. The molecule has 6 aromatic carbocycles. The van der Waals surface area contributed by atoms with Gasteiger partial charge < -0.3 is 14.9 Å². The number of rotatable bonds is 10. The van der Waals surface area contributed by atoms with E-state index in [4.69, 9.17) is 0 Å². The van der Waals surface area contributed by atoms with Crippen LogP contribution in [0.5, 0.6) is 0 Å². The Morgan fingerprint density at radius 1 is 0.686 bits per heavy atom. The maximum Gasteiger partial charge on any atom is 0.112 e. The topological polar surface area (TPSA) is 50.5 Å². The Labute approximate surface area is 302 Å². The number of fused-ring (bicyclic) bond motifs is 4. The lowest BCUT2D eigenvalue weighted by molar-refractivity contribution is 0.370. The monoisotopic (exact) mass is 671 g/mol. The zero-order chi connectivity index (χ0) is 36.0. The van der Waals surface area contributed by atoms with E-state index in [0.717, 1.165) is 75.4 Å². The van der Waals surface area contributed by atoms with Crippen LogP contribution in [0.1, 0.15) is 64.5 Å². The number of hydrogen-bond donors (Lipinski definition) is 1. The van der Waals surface area contributed by atoms with Crippen molar-refractivity contribution in [3.63, 3.8) is 0 Å². The van der Waals surface area contributed by atoms with Crippen molar-refractivity contribution in [2.45, 2.75) is 53.4 Å². The van der Waals surface area contributed by atoms with Crippen LogP contribution in [0.15, 0.2) is 114 Å². The van der Waals surface area contributed by atoms with E-state index in [9.17, 15) is 10.4 Å². The van der Waals surface area contributed by atoms with E-state index in [1.54, 1.807) is 0 Å². The molecule has 7 rings (SSSR count). The fraction of sp³-hybridized carbons (Fsp3) is 0.298. The van der Waals surface area contributed by atoms with Crippen LogP contribution in [0.4, 0.5) is 11.4 Å². The minimum absolute atomic E-state index is 0.324. The Balaban J connectivity index is 1.46. The molecule has 0 heterocycles. The third-order valence-corrected chi connectivity index (χ3v) is 10.8. The van der Waals surface area contributed by atoms with Crippen LogP contribution in [-0.2, 0) is 0 Å². The molecule has 0 amide bonds. The Morgan fingerprint density at radius 3 is 1.69 bits per heavy atom. The van der Waals surface area contributed by atoms with Crippen molar-refractivity contribution in [2.24, 2.45) is 11.8 Å². The lowest BCUT2D eigenvalue weighted by Crippen LogP contribution is -2.28. The quantitative estimate of drug-likeness (QED) is 0.116. The zero-order valence-corrected chi connectivity index (χ0v) is 31.1. The summed E-state index contributed by atoms with van der Waals surface area (Å²) in [5, 5.41) is 31.9. The van der Waals surface area contributed by atoms with Crippen molar-refractivity contribution < 1.29 is 5.11 Å². The van der Waals surface area contributed by atoms with E-state index in [2.05, 4.69) is 155 Å². The van der Waals surface area contributed by atoms with Crippen LogP contribution in [0.3, 0.4) is 0 Å². The first-order chi connectivity index (χ1) is 24.6. The van der Waals surface area contributed by atoms with E-state index in [1.165, 1.54) is 27.2 Å². The number of hydrogen-bond acceptors (Lipinski definition) is 4. The summed E-state index contributed by atoms with van der Waals surface area (Å²) < 4.78 is 0. The van der Waals surface area contributed by atoms with Gasteiger partial charge in [-0.25, -0.2) is 0 Å². The minimum Gasteiger partial charge on any atom is -0.511 e. The molecule has 0 aromatic heterocycles. The highest BCUT2D eigenvalue weighted by Crippen LogP contribution is 2.55. The molecule has 0 saturated carbocycles. The maximum atomic E-state index is 12.3. The van der Waals surface area contributed by atoms with E-state index in [1.807, 2.05) is 6.92 Å². The summed E-state index contributed by atoms with van der Waals surface area (Å²) in [5.74, 6) is 1.14. The molecule has 1 aliphatic carbocycles. The van der Waals surface area contributed by atoms with Crippen molar-refractivity contribution in [3.05, 3.63) is 125 Å². The Morgan fingerprint density at radius 2 is 1.18 bits per heavy atom. The molecule has 258 valence electrons. The summed E-state index contributed by atoms with van der Waals surface area (Å²) >= 11 is 0. The van der Waals surface area contributed by atoms with Crippen molar-refractivity contribution in [2.75, 3.05) is 37.0 Å². The van der Waals surface area contributed by atoms with Crippen molar-refractivity contribution in [3.8, 4) is 6.07 Å². The van der Waals surface area contributed by atoms with Gasteiger partial charge in [0.1, 0.15) is 5.76 Å². The summed E-state index contributed by atoms with van der Waals surface area (Å²) in [6.45, 7) is 13.1. The zero-order valence-electron chi connectivity index (χ0n) is 31.1. The molecule has 0 saturated heterocycles. The predicted octanol–water partition coefficient (Wildman–Crippen LogP) is 12.2. The van der Waals surface area contributed by atoms with E-state index in [0.29, 0.717) is 23.2 Å². The van der Waals surface area contributed by atoms with Gasteiger partial charge in [-0.2, -0.15) is 5.26 Å². The molecule has 51 heavy (non-hydrogen) atoms. The van der Waals surface area contributed by atoms with Gasteiger partial charge in [-0.1, -0.05) is 88.4 Å². The molecular formula is C47H49N3O. The van der Waals surface area contributed by atoms with E-state index in [-0.39, 0.29) is 0 Å². The maximum absolute atomic E-state index is 12.3. The fourth-order valence-electron chi connectivity index (χ4n) is 7.91. The molecule has 0 spiro atoms. The van der Waals surface area contributed by atoms with Crippen LogP contribution in [0, 0.1) is 23.2 Å². The SMILES string of the molecule is C/C(C#N)=C1\C(c2ccc(N(C)C)c3cc4ccccc4cc23)=C(O)C1c1ccc(N(CCC(C)C)CCC(C)C)c2cc3ccccc3cc12. The van der Waals surface area contributed by atoms with Crippen LogP contribution in [0.2, 0.25) is 0 Å². The van der Waals surface area contributed by atoms with Gasteiger partial charge in [-0.15, -0.1) is 0 Å². The van der Waals surface area contributed by atoms with Gasteiger partial charge in [0.05, 0.1) is 12.0 Å². The second-order valence-corrected chi connectivity index (χ2v) is 15.4. The third-order valence-electron chi connectivity index (χ3n) is 10.8. The number of nitriles is 1. The van der Waals surface area contributed by atoms with Crippen LogP contribution < -0.4 is 9.80 Å². The lowest BCUT2D eigenvalue weighted by Gasteiger charge is -2.36. The first-order valence-corrected chi connectivity index (χ1v) is 18.4. The van der Waals surface area contributed by atoms with E-state index >= 15 is 0 Å². The molecular weight excluding hydrogens is 623 g/mol. The molecule has 0 fully saturated rings. The van der Waals surface area contributed by atoms with Crippen molar-refractivity contribution in [1.82, 2.24) is 0 Å². The molecule has 4 nitrogen and oxygen atoms in total. The highest BCUT2D eigenvalue weighted by Gasteiger charge is 2.41. The fourth-order valence-corrected chi connectivity index (χ4v) is 7.91. The van der Waals surface area contributed by atoms with Gasteiger partial charge in [0.2, 0.25) is 0 Å². The second kappa shape index (κ2) is 13.8. The lowest BCUT2D eigenvalue weighted by atomic mass is 9.68. The van der Waals surface area contributed by atoms with Crippen molar-refractivity contribution >= 4 is 60.0 Å². The molecule has 1 N–H and O–H groups in total. The highest BCUT2D eigenvalue weighted by atomic mass is 16.3. The van der Waals surface area contributed by atoms with Crippen LogP contribution >= 0.6 is 0 Å². The van der Waals surface area contributed by atoms with Crippen LogP contribution in [0.25, 0.3) is 48.7 Å². The molecule has 0 bridgehead atoms. The number of allylic oxidation sites excluding steroid dienone is 3. The molecule has 0 radical (unpaired) electrons. The summed E-state index contributed by atoms with van der Waals surface area (Å²) in [6, 6.07) is 37.3. The number of anilines is 2. The largest absolute Gasteiger partial charge is 0.511 e. The summed E-state index contributed by atoms with van der Waals surface area (Å²) in [6.07, 6.45) is 2.24. The standard InChI is InChI=1S/C47H49N3O/c1-29(2)20-22-50(23-21-30(3)4)43-19-17-37(39-25-33-13-9-11-15-35(33)27-41(39)43)46-44(31(5)28-48)45(47(46)51)36-16-18-42(49(6)7)40-26-34-14-10-8-12-32(34)24-38(36)40/h8-19,24-27,29-30,46,51H,20-23H2,1-7H3/b44-31-. The predicted molar refractivity (Wildman–Crippen MR) is 219 cm³/mol. The van der Waals surface area contributed by atoms with Gasteiger partial charge in [-0.05, 0) is 117 Å². The summed E-state index contributed by atoms with van der Waals surface area (Å²) in [7, 11) is 4.13. The Bertz CT molecular complexity index is 2390. The van der Waals surface area contributed by atoms with Gasteiger partial charge in [0, 0.05) is 60.5 Å². The molecule has 1 aliphatic rings. The van der Waals surface area contributed by atoms with Crippen LogP contribution in [-0.4, -0.2) is 32.3 Å². The molecule has 1 unspecified atom stereocenters. The highest BCUT2D eigenvalue weighted by molar-refractivity contribution is 6.12. The molecule has 6 aromatic rings. The van der Waals surface area contributed by atoms with Gasteiger partial charge in [-0.3, -0.25) is 0 Å². The number of aliphatic hydroxyl groups is 1. The summed E-state index contributed by atoms with van der Waals surface area (Å²) in [4.78, 5) is 4.71. The van der Waals surface area contributed by atoms with Gasteiger partial charge in [0.15, 0.2) is 0 Å². The van der Waals surface area contributed by atoms with E-state index < -0.39 is 5.92 Å². The third kappa shape index (κ3) is 6.20. The smallest absolute Gasteiger partial charge is 0.112 e. The Kier molecular flexibility index (Phi) is 9.25. The molecule has 1 atom stereocenters. The first-order valence-electron chi connectivity index (χ1n) is 18.4. The molecule has 0 aliphatic heterocycles. The minimum atomic E-state index is -0.402. The van der Waals surface area contributed by atoms with Gasteiger partial charge in [0.25, 0.3) is 0 Å². The second-order valence-electron chi connectivity index (χ2n) is 15.4.